The summed E-state index contributed by atoms with van der Waals surface area (Å²) >= 11 is 0. The van der Waals surface area contributed by atoms with Gasteiger partial charge in [-0.15, -0.1) is 0 Å². The molecule has 1 aromatic carbocycles. The first kappa shape index (κ1) is 24.6. The van der Waals surface area contributed by atoms with Crippen molar-refractivity contribution in [1.29, 1.82) is 0 Å². The van der Waals surface area contributed by atoms with Crippen LogP contribution in [0.4, 0.5) is 24.8 Å². The number of primary amides is 1. The lowest BCUT2D eigenvalue weighted by atomic mass is 9.98. The fourth-order valence-corrected chi connectivity index (χ4v) is 4.18. The molecule has 3 aromatic rings. The molecule has 1 amide bonds. The number of hydrogen-bond acceptors (Lipinski definition) is 6. The van der Waals surface area contributed by atoms with Crippen LogP contribution in [-0.2, 0) is 35.0 Å². The second kappa shape index (κ2) is 10.4. The average Bonchev–Trinajstić information content (AvgIpc) is 3.18. The first-order chi connectivity index (χ1) is 16.7. The van der Waals surface area contributed by atoms with Crippen LogP contribution >= 0.6 is 0 Å². The lowest BCUT2D eigenvalue weighted by molar-refractivity contribution is -0.138. The summed E-state index contributed by atoms with van der Waals surface area (Å²) in [7, 11) is 0. The molecule has 186 valence electrons. The molecule has 0 bridgehead atoms. The number of alkyl halides is 3. The van der Waals surface area contributed by atoms with Gasteiger partial charge < -0.3 is 15.8 Å². The number of aromatic nitrogens is 4. The smallest absolute Gasteiger partial charge is 0.381 e. The van der Waals surface area contributed by atoms with Crippen molar-refractivity contribution < 1.29 is 22.7 Å². The topological polar surface area (TPSA) is 108 Å². The molecule has 3 heterocycles. The number of amides is 1. The van der Waals surface area contributed by atoms with E-state index in [1.54, 1.807) is 24.3 Å². The van der Waals surface area contributed by atoms with E-state index in [0.29, 0.717) is 30.2 Å². The summed E-state index contributed by atoms with van der Waals surface area (Å²) in [5.41, 5.74) is 7.07. The molecule has 1 aliphatic rings. The van der Waals surface area contributed by atoms with Crippen LogP contribution in [0.3, 0.4) is 0 Å². The van der Waals surface area contributed by atoms with Gasteiger partial charge in [-0.05, 0) is 43.7 Å². The summed E-state index contributed by atoms with van der Waals surface area (Å²) in [5.74, 6) is -0.438. The molecule has 11 heteroatoms. The molecule has 8 nitrogen and oxygen atoms in total. The van der Waals surface area contributed by atoms with E-state index in [2.05, 4.69) is 20.4 Å². The number of anilines is 2. The van der Waals surface area contributed by atoms with E-state index in [1.165, 1.54) is 0 Å². The van der Waals surface area contributed by atoms with E-state index < -0.39 is 17.6 Å². The Kier molecular flexibility index (Phi) is 7.34. The minimum atomic E-state index is -4.59. The third-order valence-electron chi connectivity index (χ3n) is 6.02. The molecule has 0 atom stereocenters. The first-order valence-corrected chi connectivity index (χ1v) is 11.4. The zero-order chi connectivity index (χ0) is 25.0. The molecule has 0 aliphatic carbocycles. The van der Waals surface area contributed by atoms with Gasteiger partial charge in [0, 0.05) is 25.6 Å². The number of aryl methyl sites for hydroxylation is 3. The Morgan fingerprint density at radius 3 is 2.60 bits per heavy atom. The van der Waals surface area contributed by atoms with Gasteiger partial charge in [-0.1, -0.05) is 24.3 Å². The summed E-state index contributed by atoms with van der Waals surface area (Å²) in [6, 6.07) is 7.27. The summed E-state index contributed by atoms with van der Waals surface area (Å²) in [4.78, 5) is 19.5. The fraction of sp³-hybridized carbons (Fsp3) is 0.417. The van der Waals surface area contributed by atoms with E-state index >= 15 is 0 Å². The maximum atomic E-state index is 13.7. The number of halogens is 3. The number of nitrogens with zero attached hydrogens (tertiary/aromatic N) is 4. The quantitative estimate of drug-likeness (QED) is 0.498. The molecule has 0 unspecified atom stereocenters. The summed E-state index contributed by atoms with van der Waals surface area (Å²) < 4.78 is 48.3. The van der Waals surface area contributed by atoms with Crippen LogP contribution in [0.25, 0.3) is 0 Å². The van der Waals surface area contributed by atoms with Crippen molar-refractivity contribution in [2.24, 2.45) is 5.73 Å². The zero-order valence-corrected chi connectivity index (χ0v) is 19.3. The summed E-state index contributed by atoms with van der Waals surface area (Å²) in [5, 5.41) is 7.57. The van der Waals surface area contributed by atoms with E-state index in [1.807, 2.05) is 17.8 Å². The predicted molar refractivity (Wildman–Crippen MR) is 123 cm³/mol. The molecule has 0 saturated carbocycles. The highest BCUT2D eigenvalue weighted by Crippen LogP contribution is 2.32. The van der Waals surface area contributed by atoms with Gasteiger partial charge in [0.25, 0.3) is 0 Å². The lowest BCUT2D eigenvalue weighted by Crippen LogP contribution is -2.19. The van der Waals surface area contributed by atoms with Gasteiger partial charge in [0.15, 0.2) is 0 Å². The number of carbonyl (C=O) groups is 1. The Morgan fingerprint density at radius 2 is 1.91 bits per heavy atom. The van der Waals surface area contributed by atoms with Gasteiger partial charge in [-0.3, -0.25) is 9.48 Å². The third kappa shape index (κ3) is 6.16. The fourth-order valence-electron chi connectivity index (χ4n) is 4.18. The predicted octanol–water partition coefficient (Wildman–Crippen LogP) is 3.91. The second-order valence-corrected chi connectivity index (χ2v) is 8.54. The van der Waals surface area contributed by atoms with Gasteiger partial charge >= 0.3 is 6.18 Å². The Labute approximate surface area is 200 Å². The standard InChI is InChI=1S/C24H27F3N6O2/c1-15-21(14-33(32-15)18-8-10-35-11-9-18)31-23-29-13-19(24(25,26)27)20(30-23)7-6-16-4-2-3-5-17(16)12-22(28)34/h2-5,13-14,18H,6-12H2,1H3,(H2,28,34)(H,29,30,31). The normalized spacial score (nSPS) is 14.7. The van der Waals surface area contributed by atoms with E-state index in [9.17, 15) is 18.0 Å². The Balaban J connectivity index is 1.56. The van der Waals surface area contributed by atoms with Crippen LogP contribution in [-0.4, -0.2) is 38.9 Å². The number of nitrogens with one attached hydrogen (secondary N) is 1. The summed E-state index contributed by atoms with van der Waals surface area (Å²) in [6.07, 6.45) is 0.0350. The Hall–Kier alpha value is -3.47. The van der Waals surface area contributed by atoms with Crippen molar-refractivity contribution in [3.8, 4) is 0 Å². The number of nitrogens with two attached hydrogens (primary N) is 1. The second-order valence-electron chi connectivity index (χ2n) is 8.54. The minimum absolute atomic E-state index is 0.0160. The van der Waals surface area contributed by atoms with Gasteiger partial charge in [-0.25, -0.2) is 9.97 Å². The lowest BCUT2D eigenvalue weighted by Gasteiger charge is -2.22. The third-order valence-corrected chi connectivity index (χ3v) is 6.02. The van der Waals surface area contributed by atoms with Gasteiger partial charge in [0.1, 0.15) is 0 Å². The number of benzene rings is 1. The van der Waals surface area contributed by atoms with Gasteiger partial charge in [0.05, 0.1) is 35.1 Å². The molecule has 2 aromatic heterocycles. The van der Waals surface area contributed by atoms with E-state index in [4.69, 9.17) is 10.5 Å². The van der Waals surface area contributed by atoms with Crippen LogP contribution in [0.5, 0.6) is 0 Å². The van der Waals surface area contributed by atoms with Crippen LogP contribution in [0.2, 0.25) is 0 Å². The molecule has 1 fully saturated rings. The van der Waals surface area contributed by atoms with Crippen molar-refractivity contribution in [2.75, 3.05) is 18.5 Å². The molecule has 0 spiro atoms. The van der Waals surface area contributed by atoms with Crippen molar-refractivity contribution >= 4 is 17.5 Å². The summed E-state index contributed by atoms with van der Waals surface area (Å²) in [6.45, 7) is 3.15. The molecular weight excluding hydrogens is 461 g/mol. The van der Waals surface area contributed by atoms with Crippen LogP contribution in [0, 0.1) is 6.92 Å². The molecule has 1 saturated heterocycles. The molecular formula is C24H27F3N6O2. The highest BCUT2D eigenvalue weighted by Gasteiger charge is 2.35. The Bertz CT molecular complexity index is 1190. The van der Waals surface area contributed by atoms with Crippen molar-refractivity contribution in [2.45, 2.75) is 51.2 Å². The minimum Gasteiger partial charge on any atom is -0.381 e. The zero-order valence-electron chi connectivity index (χ0n) is 19.3. The van der Waals surface area contributed by atoms with Crippen LogP contribution in [0.15, 0.2) is 36.7 Å². The van der Waals surface area contributed by atoms with Gasteiger partial charge in [-0.2, -0.15) is 18.3 Å². The first-order valence-electron chi connectivity index (χ1n) is 11.4. The highest BCUT2D eigenvalue weighted by atomic mass is 19.4. The van der Waals surface area contributed by atoms with Crippen molar-refractivity contribution in [3.63, 3.8) is 0 Å². The maximum Gasteiger partial charge on any atom is 0.419 e. The molecule has 0 radical (unpaired) electrons. The number of rotatable bonds is 8. The Morgan fingerprint density at radius 1 is 1.20 bits per heavy atom. The number of ether oxygens (including phenoxy) is 1. The van der Waals surface area contributed by atoms with E-state index in [-0.39, 0.29) is 36.9 Å². The molecule has 1 aliphatic heterocycles. The molecule has 3 N–H and O–H groups in total. The maximum absolute atomic E-state index is 13.7. The highest BCUT2D eigenvalue weighted by molar-refractivity contribution is 5.77. The number of carbonyl (C=O) groups excluding carboxylic acids is 1. The van der Waals surface area contributed by atoms with E-state index in [0.717, 1.165) is 24.6 Å². The SMILES string of the molecule is Cc1nn(C2CCOCC2)cc1Nc1ncc(C(F)(F)F)c(CCc2ccccc2CC(N)=O)n1. The van der Waals surface area contributed by atoms with Gasteiger partial charge in [0.2, 0.25) is 11.9 Å². The van der Waals surface area contributed by atoms with Crippen LogP contribution < -0.4 is 11.1 Å². The van der Waals surface area contributed by atoms with Crippen LogP contribution in [0.1, 0.15) is 47.0 Å². The largest absolute Gasteiger partial charge is 0.419 e. The monoisotopic (exact) mass is 488 g/mol. The molecule has 35 heavy (non-hydrogen) atoms. The average molecular weight is 489 g/mol. The van der Waals surface area contributed by atoms with Crippen molar-refractivity contribution in [1.82, 2.24) is 19.7 Å². The van der Waals surface area contributed by atoms with Crippen molar-refractivity contribution in [3.05, 3.63) is 64.7 Å². The molecule has 4 rings (SSSR count). The number of hydrogen-bond donors (Lipinski definition) is 2.